The molecule has 0 aromatic heterocycles. The number of phenolic OH excluding ortho intramolecular Hbond substituents is 1. The summed E-state index contributed by atoms with van der Waals surface area (Å²) in [7, 11) is 0. The van der Waals surface area contributed by atoms with Gasteiger partial charge in [0.2, 0.25) is 0 Å². The Morgan fingerprint density at radius 3 is 2.59 bits per heavy atom. The van der Waals surface area contributed by atoms with Gasteiger partial charge in [-0.2, -0.15) is 0 Å². The average Bonchev–Trinajstić information content (AvgIpc) is 2.71. The Hall–Kier alpha value is -2.36. The smallest absolute Gasteiger partial charge is 0.166 e. The van der Waals surface area contributed by atoms with Gasteiger partial charge in [-0.1, -0.05) is 24.3 Å². The number of rotatable bonds is 5. The second-order valence-electron chi connectivity index (χ2n) is 7.23. The third-order valence-electron chi connectivity index (χ3n) is 5.29. The van der Waals surface area contributed by atoms with E-state index in [1.54, 1.807) is 12.2 Å². The Morgan fingerprint density at radius 1 is 1.14 bits per heavy atom. The Morgan fingerprint density at radius 2 is 1.90 bits per heavy atom. The highest BCUT2D eigenvalue weighted by molar-refractivity contribution is 6.09. The van der Waals surface area contributed by atoms with Gasteiger partial charge in [0.25, 0.3) is 0 Å². The third kappa shape index (κ3) is 4.47. The van der Waals surface area contributed by atoms with Crippen molar-refractivity contribution in [1.29, 1.82) is 0 Å². The SMILES string of the molecule is O=C(C=Cc1ccc(O)cc1[C@@H]1O[C@H](CO)[C@@H](O)[C@H](O)[C@H]1O)C1CC=CCC1=O. The summed E-state index contributed by atoms with van der Waals surface area (Å²) in [5, 5.41) is 49.6. The molecule has 8 nitrogen and oxygen atoms in total. The van der Waals surface area contributed by atoms with Crippen molar-refractivity contribution in [2.24, 2.45) is 5.92 Å². The molecule has 8 heteroatoms. The van der Waals surface area contributed by atoms with E-state index in [1.165, 1.54) is 30.4 Å². The number of hydrogen-bond acceptors (Lipinski definition) is 8. The van der Waals surface area contributed by atoms with Crippen molar-refractivity contribution in [2.75, 3.05) is 6.61 Å². The average molecular weight is 404 g/mol. The van der Waals surface area contributed by atoms with Crippen molar-refractivity contribution in [1.82, 2.24) is 0 Å². The number of phenols is 1. The van der Waals surface area contributed by atoms with Crippen LogP contribution >= 0.6 is 0 Å². The largest absolute Gasteiger partial charge is 0.508 e. The lowest BCUT2D eigenvalue weighted by molar-refractivity contribution is -0.231. The van der Waals surface area contributed by atoms with Gasteiger partial charge in [-0.05, 0) is 35.8 Å². The quantitative estimate of drug-likeness (QED) is 0.263. The van der Waals surface area contributed by atoms with E-state index in [2.05, 4.69) is 0 Å². The molecule has 1 aliphatic carbocycles. The third-order valence-corrected chi connectivity index (χ3v) is 5.29. The summed E-state index contributed by atoms with van der Waals surface area (Å²) in [6, 6.07) is 4.19. The number of allylic oxidation sites excluding steroid dienone is 3. The number of carbonyl (C=O) groups is 2. The number of Topliss-reactive ketones (excluding diaryl/α,β-unsaturated/α-hetero) is 1. The van der Waals surface area contributed by atoms with Crippen LogP contribution in [0.3, 0.4) is 0 Å². The number of ether oxygens (including phenoxy) is 1. The number of aromatic hydroxyl groups is 1. The van der Waals surface area contributed by atoms with Gasteiger partial charge in [-0.25, -0.2) is 0 Å². The van der Waals surface area contributed by atoms with Crippen molar-refractivity contribution < 1.29 is 39.9 Å². The fourth-order valence-electron chi connectivity index (χ4n) is 3.59. The summed E-state index contributed by atoms with van der Waals surface area (Å²) < 4.78 is 5.55. The number of ketones is 2. The Balaban J connectivity index is 1.89. The molecule has 0 radical (unpaired) electrons. The van der Waals surface area contributed by atoms with Crippen LogP contribution in [0, 0.1) is 5.92 Å². The first-order valence-corrected chi connectivity index (χ1v) is 9.36. The summed E-state index contributed by atoms with van der Waals surface area (Å²) in [5.74, 6) is -1.37. The standard InChI is InChI=1S/C21H24O8/c22-10-17-18(26)19(27)20(28)21(29-17)14-9-12(23)7-5-11(14)6-8-16(25)13-3-1-2-4-15(13)24/h1-2,5-9,13,17-23,26-28H,3-4,10H2/t13?,17-,18-,19+,20-,21+/m1/s1. The van der Waals surface area contributed by atoms with Gasteiger partial charge in [0.1, 0.15) is 42.1 Å². The monoisotopic (exact) mass is 404 g/mol. The van der Waals surface area contributed by atoms with Gasteiger partial charge in [0.05, 0.1) is 12.5 Å². The fourth-order valence-corrected chi connectivity index (χ4v) is 3.59. The van der Waals surface area contributed by atoms with Crippen LogP contribution in [0.15, 0.2) is 36.4 Å². The van der Waals surface area contributed by atoms with Crippen LogP contribution < -0.4 is 0 Å². The molecule has 156 valence electrons. The van der Waals surface area contributed by atoms with Crippen molar-refractivity contribution in [3.8, 4) is 5.75 Å². The van der Waals surface area contributed by atoms with Crippen LogP contribution in [-0.2, 0) is 14.3 Å². The fraction of sp³-hybridized carbons (Fsp3) is 0.429. The minimum absolute atomic E-state index is 0.131. The molecule has 1 heterocycles. The molecule has 6 atom stereocenters. The molecule has 0 spiro atoms. The summed E-state index contributed by atoms with van der Waals surface area (Å²) in [4.78, 5) is 24.3. The second-order valence-corrected chi connectivity index (χ2v) is 7.23. The zero-order chi connectivity index (χ0) is 21.1. The summed E-state index contributed by atoms with van der Waals surface area (Å²) >= 11 is 0. The molecule has 1 aliphatic heterocycles. The zero-order valence-corrected chi connectivity index (χ0v) is 15.6. The molecule has 29 heavy (non-hydrogen) atoms. The molecule has 5 N–H and O–H groups in total. The van der Waals surface area contributed by atoms with Crippen LogP contribution in [0.2, 0.25) is 0 Å². The molecule has 2 aliphatic rings. The van der Waals surface area contributed by atoms with Crippen molar-refractivity contribution >= 4 is 17.6 Å². The number of carbonyl (C=O) groups excluding carboxylic acids is 2. The maximum Gasteiger partial charge on any atom is 0.166 e. The van der Waals surface area contributed by atoms with Crippen LogP contribution in [0.25, 0.3) is 6.08 Å². The van der Waals surface area contributed by atoms with Crippen LogP contribution in [0.5, 0.6) is 5.75 Å². The first-order chi connectivity index (χ1) is 13.8. The Kier molecular flexibility index (Phi) is 6.61. The Bertz CT molecular complexity index is 828. The molecule has 0 saturated carbocycles. The first kappa shape index (κ1) is 21.4. The highest BCUT2D eigenvalue weighted by Gasteiger charge is 2.44. The maximum absolute atomic E-state index is 12.4. The molecule has 3 rings (SSSR count). The van der Waals surface area contributed by atoms with Crippen LogP contribution in [0.1, 0.15) is 30.1 Å². The number of benzene rings is 1. The molecule has 1 saturated heterocycles. The van der Waals surface area contributed by atoms with Gasteiger partial charge in [-0.15, -0.1) is 0 Å². The lowest BCUT2D eigenvalue weighted by atomic mass is 9.87. The lowest BCUT2D eigenvalue weighted by Crippen LogP contribution is -2.55. The normalized spacial score (nSPS) is 32.6. The number of hydrogen-bond donors (Lipinski definition) is 5. The van der Waals surface area contributed by atoms with Crippen molar-refractivity contribution in [2.45, 2.75) is 43.4 Å². The predicted octanol–water partition coefficient (Wildman–Crippen LogP) is 0.0247. The molecule has 0 amide bonds. The highest BCUT2D eigenvalue weighted by Crippen LogP contribution is 2.36. The number of aliphatic hydroxyl groups is 4. The van der Waals surface area contributed by atoms with E-state index in [0.29, 0.717) is 12.0 Å². The first-order valence-electron chi connectivity index (χ1n) is 9.36. The molecule has 1 fully saturated rings. The summed E-state index contributed by atoms with van der Waals surface area (Å²) in [6.07, 6.45) is -0.0688. The highest BCUT2D eigenvalue weighted by atomic mass is 16.5. The molecule has 1 aromatic rings. The van der Waals surface area contributed by atoms with Gasteiger partial charge < -0.3 is 30.3 Å². The van der Waals surface area contributed by atoms with Gasteiger partial charge in [-0.3, -0.25) is 9.59 Å². The predicted molar refractivity (Wildman–Crippen MR) is 102 cm³/mol. The van der Waals surface area contributed by atoms with E-state index in [9.17, 15) is 35.1 Å². The van der Waals surface area contributed by atoms with E-state index >= 15 is 0 Å². The maximum atomic E-state index is 12.4. The summed E-state index contributed by atoms with van der Waals surface area (Å²) in [5.41, 5.74) is 0.681. The Labute approximate surface area is 167 Å². The summed E-state index contributed by atoms with van der Waals surface area (Å²) in [6.45, 7) is -0.582. The van der Waals surface area contributed by atoms with Crippen LogP contribution in [-0.4, -0.2) is 68.1 Å². The van der Waals surface area contributed by atoms with E-state index in [4.69, 9.17) is 4.74 Å². The molecule has 1 unspecified atom stereocenters. The van der Waals surface area contributed by atoms with Gasteiger partial charge in [0.15, 0.2) is 5.78 Å². The van der Waals surface area contributed by atoms with Crippen LogP contribution in [0.4, 0.5) is 0 Å². The van der Waals surface area contributed by atoms with E-state index in [0.717, 1.165) is 0 Å². The second kappa shape index (κ2) is 8.98. The molecular formula is C21H24O8. The zero-order valence-electron chi connectivity index (χ0n) is 15.6. The minimum Gasteiger partial charge on any atom is -0.508 e. The number of aliphatic hydroxyl groups excluding tert-OH is 4. The van der Waals surface area contributed by atoms with E-state index in [-0.39, 0.29) is 29.3 Å². The minimum atomic E-state index is -1.57. The van der Waals surface area contributed by atoms with Gasteiger partial charge in [0, 0.05) is 6.42 Å². The van der Waals surface area contributed by atoms with Crippen molar-refractivity contribution in [3.63, 3.8) is 0 Å². The molecule has 0 bridgehead atoms. The van der Waals surface area contributed by atoms with E-state index < -0.39 is 43.0 Å². The van der Waals surface area contributed by atoms with Gasteiger partial charge >= 0.3 is 0 Å². The lowest BCUT2D eigenvalue weighted by Gasteiger charge is -2.40. The molecule has 1 aromatic carbocycles. The topological polar surface area (TPSA) is 145 Å². The van der Waals surface area contributed by atoms with E-state index in [1.807, 2.05) is 0 Å². The molecular weight excluding hydrogens is 380 g/mol. The van der Waals surface area contributed by atoms with Crippen molar-refractivity contribution in [3.05, 3.63) is 47.6 Å².